The third-order valence-corrected chi connectivity index (χ3v) is 3.24. The molecule has 19 heavy (non-hydrogen) atoms. The van der Waals surface area contributed by atoms with Crippen molar-refractivity contribution in [3.8, 4) is 11.3 Å². The van der Waals surface area contributed by atoms with Crippen molar-refractivity contribution in [2.75, 3.05) is 5.73 Å². The summed E-state index contributed by atoms with van der Waals surface area (Å²) in [6.45, 7) is 0. The quantitative estimate of drug-likeness (QED) is 0.482. The third kappa shape index (κ3) is 1.40. The van der Waals surface area contributed by atoms with Crippen molar-refractivity contribution in [1.29, 1.82) is 0 Å². The summed E-state index contributed by atoms with van der Waals surface area (Å²) in [5, 5.41) is 15.8. The Labute approximate surface area is 107 Å². The molecule has 92 valence electrons. The average Bonchev–Trinajstić information content (AvgIpc) is 3.10. The Hall–Kier alpha value is -2.89. The number of pyridine rings is 1. The van der Waals surface area contributed by atoms with Gasteiger partial charge in [0.05, 0.1) is 17.4 Å². The lowest BCUT2D eigenvalue weighted by molar-refractivity contribution is 1.10. The smallest absolute Gasteiger partial charge is 0.150 e. The number of nitrogen functional groups attached to an aromatic ring is 1. The number of hydrogen-bond donors (Lipinski definition) is 3. The Bertz CT molecular complexity index is 875. The van der Waals surface area contributed by atoms with Gasteiger partial charge < -0.3 is 5.73 Å². The molecule has 6 nitrogen and oxygen atoms in total. The van der Waals surface area contributed by atoms with Crippen LogP contribution >= 0.6 is 0 Å². The monoisotopic (exact) mass is 250 g/mol. The Morgan fingerprint density at radius 1 is 1.00 bits per heavy atom. The number of rotatable bonds is 1. The first-order valence-corrected chi connectivity index (χ1v) is 5.85. The van der Waals surface area contributed by atoms with Gasteiger partial charge >= 0.3 is 0 Å². The van der Waals surface area contributed by atoms with Gasteiger partial charge in [0.1, 0.15) is 11.3 Å². The molecule has 4 aromatic rings. The van der Waals surface area contributed by atoms with Crippen LogP contribution in [0.25, 0.3) is 33.1 Å². The van der Waals surface area contributed by atoms with Crippen molar-refractivity contribution < 1.29 is 0 Å². The number of nitrogens with two attached hydrogens (primary N) is 1. The maximum atomic E-state index is 5.93. The minimum absolute atomic E-state index is 0.460. The lowest BCUT2D eigenvalue weighted by Crippen LogP contribution is -1.93. The molecular formula is C13H10N6. The molecule has 0 aliphatic rings. The molecule has 6 heteroatoms. The molecule has 0 aliphatic heterocycles. The molecule has 0 unspecified atom stereocenters. The molecule has 0 bridgehead atoms. The molecule has 0 spiro atoms. The van der Waals surface area contributed by atoms with Crippen LogP contribution in [0.3, 0.4) is 0 Å². The van der Waals surface area contributed by atoms with Crippen LogP contribution in [-0.2, 0) is 0 Å². The van der Waals surface area contributed by atoms with Crippen molar-refractivity contribution in [2.45, 2.75) is 0 Å². The van der Waals surface area contributed by atoms with E-state index in [2.05, 4.69) is 25.4 Å². The van der Waals surface area contributed by atoms with Crippen molar-refractivity contribution >= 4 is 27.6 Å². The predicted molar refractivity (Wildman–Crippen MR) is 73.4 cm³/mol. The summed E-state index contributed by atoms with van der Waals surface area (Å²) >= 11 is 0. The largest absolute Gasteiger partial charge is 0.382 e. The second-order valence-corrected chi connectivity index (χ2v) is 4.36. The zero-order valence-corrected chi connectivity index (χ0v) is 9.88. The maximum Gasteiger partial charge on any atom is 0.150 e. The van der Waals surface area contributed by atoms with E-state index >= 15 is 0 Å². The molecular weight excluding hydrogens is 240 g/mol. The van der Waals surface area contributed by atoms with Crippen LogP contribution in [0.1, 0.15) is 0 Å². The van der Waals surface area contributed by atoms with Gasteiger partial charge in [0.2, 0.25) is 0 Å². The first-order valence-electron chi connectivity index (χ1n) is 5.85. The minimum atomic E-state index is 0.460. The van der Waals surface area contributed by atoms with E-state index in [0.717, 1.165) is 33.1 Å². The van der Waals surface area contributed by atoms with Crippen molar-refractivity contribution in [3.05, 3.63) is 36.7 Å². The summed E-state index contributed by atoms with van der Waals surface area (Å²) in [6.07, 6.45) is 3.49. The molecule has 1 aromatic carbocycles. The van der Waals surface area contributed by atoms with Crippen LogP contribution in [0.15, 0.2) is 36.7 Å². The van der Waals surface area contributed by atoms with Gasteiger partial charge in [-0.05, 0) is 12.1 Å². The summed E-state index contributed by atoms with van der Waals surface area (Å²) in [5.41, 5.74) is 9.54. The fraction of sp³-hybridized carbons (Fsp3) is 0. The van der Waals surface area contributed by atoms with E-state index < -0.39 is 0 Å². The summed E-state index contributed by atoms with van der Waals surface area (Å²) in [7, 11) is 0. The number of benzene rings is 1. The zero-order valence-electron chi connectivity index (χ0n) is 9.88. The second kappa shape index (κ2) is 3.55. The van der Waals surface area contributed by atoms with Gasteiger partial charge in [0.25, 0.3) is 0 Å². The first-order chi connectivity index (χ1) is 9.33. The standard InChI is InChI=1S/C13H10N6/c14-13-12-9(6-16-19-12)8-2-1-7(5-11(8)17-13)10-3-4-15-18-10/h1-6H,(H2,14,17)(H,15,18)(H,16,19). The SMILES string of the molecule is Nc1nc2cc(-c3ccn[nH]3)ccc2c2cn[nH]c12. The maximum absolute atomic E-state index is 5.93. The number of fused-ring (bicyclic) bond motifs is 3. The molecule has 0 radical (unpaired) electrons. The molecule has 0 aliphatic carbocycles. The summed E-state index contributed by atoms with van der Waals surface area (Å²) < 4.78 is 0. The van der Waals surface area contributed by atoms with Gasteiger partial charge in [-0.2, -0.15) is 10.2 Å². The Morgan fingerprint density at radius 2 is 1.95 bits per heavy atom. The van der Waals surface area contributed by atoms with Gasteiger partial charge in [-0.15, -0.1) is 0 Å². The van der Waals surface area contributed by atoms with Crippen LogP contribution < -0.4 is 5.73 Å². The van der Waals surface area contributed by atoms with Crippen LogP contribution in [0.4, 0.5) is 5.82 Å². The average molecular weight is 250 g/mol. The van der Waals surface area contributed by atoms with E-state index in [4.69, 9.17) is 5.73 Å². The lowest BCUT2D eigenvalue weighted by Gasteiger charge is -2.04. The minimum Gasteiger partial charge on any atom is -0.382 e. The molecule has 0 atom stereocenters. The highest BCUT2D eigenvalue weighted by Crippen LogP contribution is 2.29. The Morgan fingerprint density at radius 3 is 2.79 bits per heavy atom. The second-order valence-electron chi connectivity index (χ2n) is 4.36. The van der Waals surface area contributed by atoms with Gasteiger partial charge in [-0.1, -0.05) is 12.1 Å². The predicted octanol–water partition coefficient (Wildman–Crippen LogP) is 2.08. The molecule has 0 fully saturated rings. The first kappa shape index (κ1) is 10.1. The third-order valence-electron chi connectivity index (χ3n) is 3.24. The molecule has 0 amide bonds. The fourth-order valence-electron chi connectivity index (χ4n) is 2.31. The fourth-order valence-corrected chi connectivity index (χ4v) is 2.31. The van der Waals surface area contributed by atoms with E-state index in [1.54, 1.807) is 12.4 Å². The highest BCUT2D eigenvalue weighted by Gasteiger charge is 2.09. The van der Waals surface area contributed by atoms with E-state index in [1.165, 1.54) is 0 Å². The van der Waals surface area contributed by atoms with Crippen LogP contribution in [0.5, 0.6) is 0 Å². The van der Waals surface area contributed by atoms with Crippen molar-refractivity contribution in [3.63, 3.8) is 0 Å². The molecule has 0 saturated heterocycles. The number of nitrogens with zero attached hydrogens (tertiary/aromatic N) is 3. The number of H-pyrrole nitrogens is 2. The molecule has 3 heterocycles. The number of aromatic nitrogens is 5. The van der Waals surface area contributed by atoms with E-state index in [9.17, 15) is 0 Å². The van der Waals surface area contributed by atoms with Crippen LogP contribution in [-0.4, -0.2) is 25.4 Å². The highest BCUT2D eigenvalue weighted by molar-refractivity contribution is 6.08. The summed E-state index contributed by atoms with van der Waals surface area (Å²) in [6, 6.07) is 7.96. The Balaban J connectivity index is 2.07. The number of anilines is 1. The van der Waals surface area contributed by atoms with E-state index in [-0.39, 0.29) is 0 Å². The van der Waals surface area contributed by atoms with Crippen LogP contribution in [0.2, 0.25) is 0 Å². The van der Waals surface area contributed by atoms with Crippen molar-refractivity contribution in [2.24, 2.45) is 0 Å². The number of nitrogens with one attached hydrogen (secondary N) is 2. The normalized spacial score (nSPS) is 11.4. The molecule has 4 N–H and O–H groups in total. The molecule has 3 aromatic heterocycles. The zero-order chi connectivity index (χ0) is 12.8. The summed E-state index contributed by atoms with van der Waals surface area (Å²) in [4.78, 5) is 4.42. The summed E-state index contributed by atoms with van der Waals surface area (Å²) in [5.74, 6) is 0.460. The molecule has 4 rings (SSSR count). The van der Waals surface area contributed by atoms with Gasteiger partial charge in [0.15, 0.2) is 0 Å². The lowest BCUT2D eigenvalue weighted by atomic mass is 10.1. The topological polar surface area (TPSA) is 96.3 Å². The van der Waals surface area contributed by atoms with E-state index in [0.29, 0.717) is 5.82 Å². The van der Waals surface area contributed by atoms with Crippen LogP contribution in [0, 0.1) is 0 Å². The van der Waals surface area contributed by atoms with E-state index in [1.807, 2.05) is 24.3 Å². The van der Waals surface area contributed by atoms with Gasteiger partial charge in [0, 0.05) is 22.5 Å². The van der Waals surface area contributed by atoms with Gasteiger partial charge in [-0.3, -0.25) is 10.2 Å². The number of hydrogen-bond acceptors (Lipinski definition) is 4. The highest BCUT2D eigenvalue weighted by atomic mass is 15.1. The number of aromatic amines is 2. The van der Waals surface area contributed by atoms with Gasteiger partial charge in [-0.25, -0.2) is 4.98 Å². The van der Waals surface area contributed by atoms with Crippen molar-refractivity contribution in [1.82, 2.24) is 25.4 Å². The molecule has 0 saturated carbocycles. The Kier molecular flexibility index (Phi) is 1.88.